The third-order valence-electron chi connectivity index (χ3n) is 9.23. The summed E-state index contributed by atoms with van der Waals surface area (Å²) in [5, 5.41) is 0. The lowest BCUT2D eigenvalue weighted by molar-refractivity contribution is -0.154. The molecule has 0 atom stereocenters. The van der Waals surface area contributed by atoms with Crippen LogP contribution in [-0.2, 0) is 19.1 Å². The Balaban J connectivity index is 0.000000475. The van der Waals surface area contributed by atoms with E-state index in [4.69, 9.17) is 9.47 Å². The van der Waals surface area contributed by atoms with E-state index in [1.165, 1.54) is 56.1 Å². The molecule has 0 unspecified atom stereocenters. The zero-order valence-electron chi connectivity index (χ0n) is 35.5. The summed E-state index contributed by atoms with van der Waals surface area (Å²) in [4.78, 5) is 30.6. The van der Waals surface area contributed by atoms with E-state index in [2.05, 4.69) is 185 Å². The van der Waals surface area contributed by atoms with E-state index in [0.29, 0.717) is 13.2 Å². The Hall–Kier alpha value is -5.50. The average Bonchev–Trinajstić information content (AvgIpc) is 3.18. The number of anilines is 4. The third kappa shape index (κ3) is 14.6. The standard InChI is InChI=1S/C37H44N4.C11H20O4/c1-38(2)32-20-12-28(13-21-32)36(29-14-22-33(23-15-29)39(3)4)10-9-11-37(30-16-24-34(25-17-30)40(5)6)31-18-26-35(27-19-31)41(7)8;1-3-5-7-14-10(12)9-11(13)15-8-6-4-2/h10-27H,9H2,1-8H3;3-9H2,1-2H3. The van der Waals surface area contributed by atoms with Crippen molar-refractivity contribution in [3.63, 3.8) is 0 Å². The molecular formula is C48H64N4O4. The normalized spacial score (nSPS) is 10.3. The number of allylic oxidation sites excluding steroid dienone is 2. The van der Waals surface area contributed by atoms with Crippen LogP contribution in [0.3, 0.4) is 0 Å². The number of carbonyl (C=O) groups excluding carboxylic acids is 2. The molecular weight excluding hydrogens is 697 g/mol. The van der Waals surface area contributed by atoms with Crippen LogP contribution in [0.25, 0.3) is 11.1 Å². The monoisotopic (exact) mass is 760 g/mol. The Kier molecular flexibility index (Phi) is 18.8. The van der Waals surface area contributed by atoms with Gasteiger partial charge < -0.3 is 29.1 Å². The Morgan fingerprint density at radius 2 is 0.696 bits per heavy atom. The zero-order chi connectivity index (χ0) is 41.0. The minimum absolute atomic E-state index is 0.270. The molecule has 0 saturated heterocycles. The number of nitrogens with zero attached hydrogens (tertiary/aromatic N) is 4. The van der Waals surface area contributed by atoms with Gasteiger partial charge in [-0.2, -0.15) is 0 Å². The van der Waals surface area contributed by atoms with Crippen LogP contribution < -0.4 is 19.6 Å². The van der Waals surface area contributed by atoms with Gasteiger partial charge in [0, 0.05) is 79.1 Å². The summed E-state index contributed by atoms with van der Waals surface area (Å²) in [6.45, 7) is 4.79. The Bertz CT molecular complexity index is 1580. The summed E-state index contributed by atoms with van der Waals surface area (Å²) in [6.07, 6.45) is 8.85. The number of hydrogen-bond donors (Lipinski definition) is 0. The third-order valence-corrected chi connectivity index (χ3v) is 9.23. The highest BCUT2D eigenvalue weighted by Crippen LogP contribution is 2.31. The van der Waals surface area contributed by atoms with Crippen LogP contribution in [0.5, 0.6) is 0 Å². The molecule has 0 aliphatic carbocycles. The number of carbonyl (C=O) groups is 2. The maximum absolute atomic E-state index is 11.0. The van der Waals surface area contributed by atoms with Crippen molar-refractivity contribution in [1.82, 2.24) is 0 Å². The molecule has 0 amide bonds. The molecule has 0 bridgehead atoms. The van der Waals surface area contributed by atoms with Crippen molar-refractivity contribution in [2.45, 2.75) is 52.4 Å². The first-order chi connectivity index (χ1) is 26.8. The summed E-state index contributed by atoms with van der Waals surface area (Å²) >= 11 is 0. The molecule has 0 spiro atoms. The van der Waals surface area contributed by atoms with E-state index in [-0.39, 0.29) is 6.42 Å². The smallest absolute Gasteiger partial charge is 0.317 e. The lowest BCUT2D eigenvalue weighted by atomic mass is 9.94. The Morgan fingerprint density at radius 3 is 0.911 bits per heavy atom. The zero-order valence-corrected chi connectivity index (χ0v) is 35.5. The highest BCUT2D eigenvalue weighted by Gasteiger charge is 2.12. The van der Waals surface area contributed by atoms with Gasteiger partial charge in [0.15, 0.2) is 0 Å². The second-order valence-corrected chi connectivity index (χ2v) is 14.6. The highest BCUT2D eigenvalue weighted by atomic mass is 16.6. The van der Waals surface area contributed by atoms with Gasteiger partial charge in [-0.05, 0) is 101 Å². The minimum atomic E-state index is -0.495. The van der Waals surface area contributed by atoms with Gasteiger partial charge in [-0.1, -0.05) is 87.4 Å². The number of ether oxygens (including phenoxy) is 2. The molecule has 4 aromatic rings. The van der Waals surface area contributed by atoms with E-state index in [1.807, 2.05) is 13.8 Å². The topological polar surface area (TPSA) is 65.6 Å². The first-order valence-electron chi connectivity index (χ1n) is 19.7. The lowest BCUT2D eigenvalue weighted by Crippen LogP contribution is -2.14. The summed E-state index contributed by atoms with van der Waals surface area (Å²) in [5.74, 6) is -0.991. The summed E-state index contributed by atoms with van der Waals surface area (Å²) in [7, 11) is 16.6. The summed E-state index contributed by atoms with van der Waals surface area (Å²) in [6, 6.07) is 35.4. The largest absolute Gasteiger partial charge is 0.465 e. The van der Waals surface area contributed by atoms with Crippen molar-refractivity contribution >= 4 is 45.8 Å². The van der Waals surface area contributed by atoms with E-state index < -0.39 is 11.9 Å². The predicted octanol–water partition coefficient (Wildman–Crippen LogP) is 9.97. The summed E-state index contributed by atoms with van der Waals surface area (Å²) in [5.41, 5.74) is 12.1. The predicted molar refractivity (Wildman–Crippen MR) is 238 cm³/mol. The van der Waals surface area contributed by atoms with Crippen molar-refractivity contribution in [3.8, 4) is 0 Å². The molecule has 4 rings (SSSR count). The van der Waals surface area contributed by atoms with Gasteiger partial charge in [0.2, 0.25) is 0 Å². The van der Waals surface area contributed by atoms with E-state index >= 15 is 0 Å². The van der Waals surface area contributed by atoms with E-state index in [9.17, 15) is 9.59 Å². The molecule has 56 heavy (non-hydrogen) atoms. The number of unbranched alkanes of at least 4 members (excludes halogenated alkanes) is 2. The molecule has 0 radical (unpaired) electrons. The number of esters is 2. The van der Waals surface area contributed by atoms with E-state index in [0.717, 1.165) is 32.1 Å². The number of hydrogen-bond acceptors (Lipinski definition) is 8. The van der Waals surface area contributed by atoms with Crippen molar-refractivity contribution in [1.29, 1.82) is 0 Å². The van der Waals surface area contributed by atoms with Crippen molar-refractivity contribution in [3.05, 3.63) is 131 Å². The minimum Gasteiger partial charge on any atom is -0.465 e. The molecule has 0 N–H and O–H groups in total. The molecule has 8 heteroatoms. The molecule has 0 aliphatic heterocycles. The second kappa shape index (κ2) is 23.4. The van der Waals surface area contributed by atoms with Gasteiger partial charge in [0.1, 0.15) is 6.42 Å². The summed E-state index contributed by atoms with van der Waals surface area (Å²) < 4.78 is 9.64. The van der Waals surface area contributed by atoms with Crippen LogP contribution in [0.4, 0.5) is 22.7 Å². The maximum atomic E-state index is 11.0. The first kappa shape index (κ1) is 44.9. The molecule has 300 valence electrons. The maximum Gasteiger partial charge on any atom is 0.317 e. The second-order valence-electron chi connectivity index (χ2n) is 14.6. The van der Waals surface area contributed by atoms with Gasteiger partial charge >= 0.3 is 11.9 Å². The quantitative estimate of drug-likeness (QED) is 0.0565. The van der Waals surface area contributed by atoms with Gasteiger partial charge in [0.05, 0.1) is 13.2 Å². The van der Waals surface area contributed by atoms with Crippen molar-refractivity contribution < 1.29 is 19.1 Å². The SMILES string of the molecule is CCCCOC(=O)CC(=O)OCCCC.CN(C)c1ccc(C(=CCC=C(c2ccc(N(C)C)cc2)c2ccc(N(C)C)cc2)c2ccc(N(C)C)cc2)cc1. The van der Waals surface area contributed by atoms with Crippen LogP contribution in [0.15, 0.2) is 109 Å². The van der Waals surface area contributed by atoms with Crippen LogP contribution in [0.2, 0.25) is 0 Å². The van der Waals surface area contributed by atoms with Gasteiger partial charge in [-0.25, -0.2) is 0 Å². The average molecular weight is 761 g/mol. The number of benzene rings is 4. The fraction of sp³-hybridized carbons (Fsp3) is 0.375. The molecule has 0 heterocycles. The van der Waals surface area contributed by atoms with Gasteiger partial charge in [0.25, 0.3) is 0 Å². The molecule has 0 aromatic heterocycles. The first-order valence-corrected chi connectivity index (χ1v) is 19.7. The molecule has 4 aromatic carbocycles. The van der Waals surface area contributed by atoms with E-state index in [1.54, 1.807) is 0 Å². The molecule has 8 nitrogen and oxygen atoms in total. The Labute approximate surface area is 337 Å². The van der Waals surface area contributed by atoms with Crippen molar-refractivity contribution in [2.24, 2.45) is 0 Å². The fourth-order valence-electron chi connectivity index (χ4n) is 5.74. The van der Waals surface area contributed by atoms with Crippen LogP contribution in [0, 0.1) is 0 Å². The lowest BCUT2D eigenvalue weighted by Gasteiger charge is -2.17. The molecule has 0 aliphatic rings. The van der Waals surface area contributed by atoms with Crippen LogP contribution >= 0.6 is 0 Å². The van der Waals surface area contributed by atoms with Crippen LogP contribution in [0.1, 0.15) is 74.6 Å². The molecule has 0 fully saturated rings. The highest BCUT2D eigenvalue weighted by molar-refractivity contribution is 5.91. The Morgan fingerprint density at radius 1 is 0.446 bits per heavy atom. The number of rotatable bonds is 18. The van der Waals surface area contributed by atoms with Crippen LogP contribution in [-0.4, -0.2) is 81.5 Å². The van der Waals surface area contributed by atoms with Gasteiger partial charge in [-0.15, -0.1) is 0 Å². The fourth-order valence-corrected chi connectivity index (χ4v) is 5.74. The van der Waals surface area contributed by atoms with Crippen molar-refractivity contribution in [2.75, 3.05) is 89.2 Å². The molecule has 0 saturated carbocycles. The van der Waals surface area contributed by atoms with Gasteiger partial charge in [-0.3, -0.25) is 9.59 Å².